The lowest BCUT2D eigenvalue weighted by molar-refractivity contribution is 0.315. The summed E-state index contributed by atoms with van der Waals surface area (Å²) < 4.78 is 10.5. The number of ether oxygens (including phenoxy) is 2. The number of rotatable bonds is 8. The molecule has 0 bridgehead atoms. The Hall–Kier alpha value is -1.42. The monoisotopic (exact) mass is 252 g/mol. The van der Waals surface area contributed by atoms with Gasteiger partial charge in [0.2, 0.25) is 0 Å². The highest BCUT2D eigenvalue weighted by atomic mass is 16.5. The van der Waals surface area contributed by atoms with Gasteiger partial charge in [0.15, 0.2) is 0 Å². The van der Waals surface area contributed by atoms with E-state index < -0.39 is 0 Å². The summed E-state index contributed by atoms with van der Waals surface area (Å²) in [6.07, 6.45) is 0. The third-order valence-corrected chi connectivity index (χ3v) is 3.05. The molecule has 0 radical (unpaired) electrons. The Labute approximate surface area is 110 Å². The molecule has 0 aliphatic heterocycles. The van der Waals surface area contributed by atoms with Crippen LogP contribution in [-0.2, 0) is 0 Å². The molecule has 0 saturated heterocycles. The SMILES string of the molecule is CCN(CC)CCNc1ccc(OC)cc1OC. The topological polar surface area (TPSA) is 33.7 Å². The molecule has 18 heavy (non-hydrogen) atoms. The number of anilines is 1. The summed E-state index contributed by atoms with van der Waals surface area (Å²) in [5.74, 6) is 1.62. The first kappa shape index (κ1) is 14.6. The average Bonchev–Trinajstić information content (AvgIpc) is 2.43. The normalized spacial score (nSPS) is 10.5. The van der Waals surface area contributed by atoms with Crippen molar-refractivity contribution in [1.29, 1.82) is 0 Å². The smallest absolute Gasteiger partial charge is 0.145 e. The first-order valence-electron chi connectivity index (χ1n) is 6.43. The van der Waals surface area contributed by atoms with Crippen molar-refractivity contribution >= 4 is 5.69 Å². The molecule has 102 valence electrons. The summed E-state index contributed by atoms with van der Waals surface area (Å²) >= 11 is 0. The zero-order valence-electron chi connectivity index (χ0n) is 11.8. The second kappa shape index (κ2) is 7.82. The summed E-state index contributed by atoms with van der Waals surface area (Å²) in [4.78, 5) is 2.38. The Bertz CT molecular complexity index is 352. The highest BCUT2D eigenvalue weighted by Gasteiger charge is 2.05. The highest BCUT2D eigenvalue weighted by Crippen LogP contribution is 2.28. The van der Waals surface area contributed by atoms with E-state index in [2.05, 4.69) is 24.1 Å². The zero-order chi connectivity index (χ0) is 13.4. The molecule has 4 nitrogen and oxygen atoms in total. The lowest BCUT2D eigenvalue weighted by atomic mass is 10.2. The van der Waals surface area contributed by atoms with Crippen molar-refractivity contribution in [3.63, 3.8) is 0 Å². The van der Waals surface area contributed by atoms with Crippen LogP contribution in [0.3, 0.4) is 0 Å². The van der Waals surface area contributed by atoms with E-state index in [4.69, 9.17) is 9.47 Å². The maximum atomic E-state index is 5.34. The molecule has 0 saturated carbocycles. The minimum atomic E-state index is 0.807. The lowest BCUT2D eigenvalue weighted by Gasteiger charge is -2.19. The highest BCUT2D eigenvalue weighted by molar-refractivity contribution is 5.59. The number of hydrogen-bond acceptors (Lipinski definition) is 4. The standard InChI is InChI=1S/C14H24N2O2/c1-5-16(6-2)10-9-15-13-8-7-12(17-3)11-14(13)18-4/h7-8,11,15H,5-6,9-10H2,1-4H3. The van der Waals surface area contributed by atoms with Crippen molar-refractivity contribution in [3.05, 3.63) is 18.2 Å². The summed E-state index contributed by atoms with van der Waals surface area (Å²) in [6.45, 7) is 8.46. The maximum absolute atomic E-state index is 5.34. The molecule has 4 heteroatoms. The summed E-state index contributed by atoms with van der Waals surface area (Å²) in [5, 5.41) is 3.39. The van der Waals surface area contributed by atoms with Crippen molar-refractivity contribution in [1.82, 2.24) is 4.90 Å². The third-order valence-electron chi connectivity index (χ3n) is 3.05. The Balaban J connectivity index is 2.56. The van der Waals surface area contributed by atoms with E-state index in [0.717, 1.165) is 43.4 Å². The van der Waals surface area contributed by atoms with Gasteiger partial charge in [-0.1, -0.05) is 13.8 Å². The van der Waals surface area contributed by atoms with Crippen LogP contribution in [0.1, 0.15) is 13.8 Å². The van der Waals surface area contributed by atoms with Crippen LogP contribution < -0.4 is 14.8 Å². The van der Waals surface area contributed by atoms with Gasteiger partial charge in [-0.25, -0.2) is 0 Å². The number of benzene rings is 1. The molecule has 1 aromatic rings. The van der Waals surface area contributed by atoms with E-state index in [-0.39, 0.29) is 0 Å². The lowest BCUT2D eigenvalue weighted by Crippen LogP contribution is -2.28. The second-order valence-corrected chi connectivity index (χ2v) is 4.02. The first-order valence-corrected chi connectivity index (χ1v) is 6.43. The summed E-state index contributed by atoms with van der Waals surface area (Å²) in [7, 11) is 3.33. The molecular weight excluding hydrogens is 228 g/mol. The minimum Gasteiger partial charge on any atom is -0.497 e. The molecule has 1 aromatic carbocycles. The molecule has 0 fully saturated rings. The number of methoxy groups -OCH3 is 2. The van der Waals surface area contributed by atoms with Gasteiger partial charge in [-0.3, -0.25) is 0 Å². The minimum absolute atomic E-state index is 0.807. The van der Waals surface area contributed by atoms with Gasteiger partial charge in [0.1, 0.15) is 11.5 Å². The molecule has 0 unspecified atom stereocenters. The predicted molar refractivity (Wildman–Crippen MR) is 75.8 cm³/mol. The molecule has 0 aromatic heterocycles. The van der Waals surface area contributed by atoms with Crippen LogP contribution in [0.4, 0.5) is 5.69 Å². The van der Waals surface area contributed by atoms with Crippen molar-refractivity contribution in [3.8, 4) is 11.5 Å². The van der Waals surface area contributed by atoms with Crippen LogP contribution in [0.15, 0.2) is 18.2 Å². The second-order valence-electron chi connectivity index (χ2n) is 4.02. The largest absolute Gasteiger partial charge is 0.497 e. The van der Waals surface area contributed by atoms with Gasteiger partial charge in [0.25, 0.3) is 0 Å². The van der Waals surface area contributed by atoms with Gasteiger partial charge in [0, 0.05) is 19.2 Å². The Kier molecular flexibility index (Phi) is 6.36. The van der Waals surface area contributed by atoms with Crippen LogP contribution in [0.5, 0.6) is 11.5 Å². The van der Waals surface area contributed by atoms with E-state index in [1.165, 1.54) is 0 Å². The number of nitrogens with zero attached hydrogens (tertiary/aromatic N) is 1. The van der Waals surface area contributed by atoms with E-state index >= 15 is 0 Å². The third kappa shape index (κ3) is 4.11. The summed E-state index contributed by atoms with van der Waals surface area (Å²) in [6, 6.07) is 5.81. The van der Waals surface area contributed by atoms with Crippen molar-refractivity contribution < 1.29 is 9.47 Å². The van der Waals surface area contributed by atoms with E-state index in [1.807, 2.05) is 18.2 Å². The maximum Gasteiger partial charge on any atom is 0.145 e. The summed E-state index contributed by atoms with van der Waals surface area (Å²) in [5.41, 5.74) is 1.01. The predicted octanol–water partition coefficient (Wildman–Crippen LogP) is 2.46. The Morgan fingerprint density at radius 2 is 1.83 bits per heavy atom. The fourth-order valence-electron chi connectivity index (χ4n) is 1.83. The van der Waals surface area contributed by atoms with Gasteiger partial charge < -0.3 is 19.7 Å². The molecule has 0 heterocycles. The van der Waals surface area contributed by atoms with Crippen LogP contribution in [0.25, 0.3) is 0 Å². The van der Waals surface area contributed by atoms with Crippen LogP contribution in [-0.4, -0.2) is 45.3 Å². The molecule has 0 atom stereocenters. The number of nitrogens with one attached hydrogen (secondary N) is 1. The molecule has 0 spiro atoms. The Morgan fingerprint density at radius 3 is 2.39 bits per heavy atom. The fraction of sp³-hybridized carbons (Fsp3) is 0.571. The van der Waals surface area contributed by atoms with Crippen molar-refractivity contribution in [2.75, 3.05) is 45.7 Å². The van der Waals surface area contributed by atoms with Gasteiger partial charge in [0.05, 0.1) is 19.9 Å². The van der Waals surface area contributed by atoms with Crippen molar-refractivity contribution in [2.24, 2.45) is 0 Å². The van der Waals surface area contributed by atoms with Crippen LogP contribution >= 0.6 is 0 Å². The molecule has 0 amide bonds. The van der Waals surface area contributed by atoms with E-state index in [0.29, 0.717) is 0 Å². The fourth-order valence-corrected chi connectivity index (χ4v) is 1.83. The zero-order valence-corrected chi connectivity index (χ0v) is 11.8. The van der Waals surface area contributed by atoms with E-state index in [9.17, 15) is 0 Å². The molecule has 1 rings (SSSR count). The average molecular weight is 252 g/mol. The Morgan fingerprint density at radius 1 is 1.11 bits per heavy atom. The number of likely N-dealkylation sites (N-methyl/N-ethyl adjacent to an activating group) is 1. The first-order chi connectivity index (χ1) is 8.74. The number of hydrogen-bond donors (Lipinski definition) is 1. The molecular formula is C14H24N2O2. The van der Waals surface area contributed by atoms with Gasteiger partial charge in [-0.05, 0) is 25.2 Å². The molecule has 1 N–H and O–H groups in total. The van der Waals surface area contributed by atoms with Gasteiger partial charge >= 0.3 is 0 Å². The van der Waals surface area contributed by atoms with Gasteiger partial charge in [-0.15, -0.1) is 0 Å². The molecule has 0 aliphatic carbocycles. The molecule has 0 aliphatic rings. The van der Waals surface area contributed by atoms with Crippen LogP contribution in [0.2, 0.25) is 0 Å². The van der Waals surface area contributed by atoms with E-state index in [1.54, 1.807) is 14.2 Å². The van der Waals surface area contributed by atoms with Crippen LogP contribution in [0, 0.1) is 0 Å². The quantitative estimate of drug-likeness (QED) is 0.770. The van der Waals surface area contributed by atoms with Crippen molar-refractivity contribution in [2.45, 2.75) is 13.8 Å². The van der Waals surface area contributed by atoms with Gasteiger partial charge in [-0.2, -0.15) is 0 Å².